The van der Waals surface area contributed by atoms with Crippen molar-refractivity contribution in [1.82, 2.24) is 15.1 Å². The van der Waals surface area contributed by atoms with Gasteiger partial charge in [0.2, 0.25) is 0 Å². The first-order valence-electron chi connectivity index (χ1n) is 7.30. The minimum absolute atomic E-state index is 0.935. The second kappa shape index (κ2) is 8.90. The molecule has 0 amide bonds. The zero-order valence-corrected chi connectivity index (χ0v) is 12.0. The molecule has 0 atom stereocenters. The van der Waals surface area contributed by atoms with Crippen LogP contribution in [-0.4, -0.2) is 63.2 Å². The van der Waals surface area contributed by atoms with Gasteiger partial charge in [0.1, 0.15) is 0 Å². The van der Waals surface area contributed by atoms with E-state index in [1.165, 1.54) is 58.4 Å². The second-order valence-corrected chi connectivity index (χ2v) is 5.57. The zero-order chi connectivity index (χ0) is 12.5. The first-order chi connectivity index (χ1) is 8.22. The van der Waals surface area contributed by atoms with Gasteiger partial charge in [0.15, 0.2) is 0 Å². The average molecular weight is 241 g/mol. The van der Waals surface area contributed by atoms with E-state index in [2.05, 4.69) is 36.1 Å². The maximum absolute atomic E-state index is 3.38. The highest BCUT2D eigenvalue weighted by molar-refractivity contribution is 4.72. The second-order valence-electron chi connectivity index (χ2n) is 5.57. The van der Waals surface area contributed by atoms with E-state index < -0.39 is 0 Å². The largest absolute Gasteiger partial charge is 0.317 e. The van der Waals surface area contributed by atoms with Crippen LogP contribution in [0, 0.1) is 5.92 Å². The van der Waals surface area contributed by atoms with Crippen LogP contribution in [0.15, 0.2) is 0 Å². The highest BCUT2D eigenvalue weighted by Crippen LogP contribution is 2.16. The summed E-state index contributed by atoms with van der Waals surface area (Å²) in [7, 11) is 4.52. The molecule has 0 spiro atoms. The minimum atomic E-state index is 0.935. The molecule has 1 aliphatic heterocycles. The molecule has 0 saturated carbocycles. The van der Waals surface area contributed by atoms with Crippen molar-refractivity contribution in [1.29, 1.82) is 0 Å². The Morgan fingerprint density at radius 2 is 1.94 bits per heavy atom. The minimum Gasteiger partial charge on any atom is -0.317 e. The molecule has 1 N–H and O–H groups in total. The lowest BCUT2D eigenvalue weighted by Crippen LogP contribution is -2.36. The van der Waals surface area contributed by atoms with Gasteiger partial charge in [-0.2, -0.15) is 0 Å². The van der Waals surface area contributed by atoms with E-state index in [0.717, 1.165) is 12.5 Å². The van der Waals surface area contributed by atoms with Gasteiger partial charge >= 0.3 is 0 Å². The predicted octanol–water partition coefficient (Wildman–Crippen LogP) is 1.65. The predicted molar refractivity (Wildman–Crippen MR) is 75.5 cm³/mol. The molecule has 1 fully saturated rings. The maximum atomic E-state index is 3.38. The number of rotatable bonds is 8. The SMILES string of the molecule is CCNCCCCN(C)CC1CCN(C)CC1. The third kappa shape index (κ3) is 7.02. The van der Waals surface area contributed by atoms with Gasteiger partial charge < -0.3 is 15.1 Å². The van der Waals surface area contributed by atoms with Crippen molar-refractivity contribution in [3.8, 4) is 0 Å². The van der Waals surface area contributed by atoms with E-state index in [0.29, 0.717) is 0 Å². The molecule has 17 heavy (non-hydrogen) atoms. The van der Waals surface area contributed by atoms with Crippen LogP contribution in [0.2, 0.25) is 0 Å². The normalized spacial score (nSPS) is 19.1. The Balaban J connectivity index is 1.98. The number of piperidine rings is 1. The summed E-state index contributed by atoms with van der Waals surface area (Å²) in [5.74, 6) is 0.935. The first kappa shape index (κ1) is 14.9. The van der Waals surface area contributed by atoms with E-state index in [4.69, 9.17) is 0 Å². The number of hydrogen-bond acceptors (Lipinski definition) is 3. The van der Waals surface area contributed by atoms with Gasteiger partial charge in [0.25, 0.3) is 0 Å². The number of hydrogen-bond donors (Lipinski definition) is 1. The molecule has 0 unspecified atom stereocenters. The summed E-state index contributed by atoms with van der Waals surface area (Å²) in [5, 5.41) is 3.38. The quantitative estimate of drug-likeness (QED) is 0.652. The summed E-state index contributed by atoms with van der Waals surface area (Å²) in [6.45, 7) is 9.60. The molecular weight excluding hydrogens is 210 g/mol. The fourth-order valence-electron chi connectivity index (χ4n) is 2.59. The van der Waals surface area contributed by atoms with Crippen molar-refractivity contribution in [2.24, 2.45) is 5.92 Å². The van der Waals surface area contributed by atoms with Crippen LogP contribution in [0.4, 0.5) is 0 Å². The molecule has 1 saturated heterocycles. The summed E-state index contributed by atoms with van der Waals surface area (Å²) in [4.78, 5) is 4.98. The van der Waals surface area contributed by atoms with Crippen LogP contribution in [0.5, 0.6) is 0 Å². The first-order valence-corrected chi connectivity index (χ1v) is 7.30. The Labute approximate surface area is 108 Å². The smallest absolute Gasteiger partial charge is 0.000756 e. The Kier molecular flexibility index (Phi) is 7.82. The topological polar surface area (TPSA) is 18.5 Å². The highest BCUT2D eigenvalue weighted by Gasteiger charge is 2.17. The number of nitrogens with one attached hydrogen (secondary N) is 1. The molecule has 0 aliphatic carbocycles. The van der Waals surface area contributed by atoms with Crippen LogP contribution in [0.25, 0.3) is 0 Å². The van der Waals surface area contributed by atoms with Crippen molar-refractivity contribution >= 4 is 0 Å². The van der Waals surface area contributed by atoms with Crippen LogP contribution >= 0.6 is 0 Å². The van der Waals surface area contributed by atoms with E-state index >= 15 is 0 Å². The van der Waals surface area contributed by atoms with Gasteiger partial charge in [-0.3, -0.25) is 0 Å². The average Bonchev–Trinajstić information content (AvgIpc) is 2.32. The fourth-order valence-corrected chi connectivity index (χ4v) is 2.59. The molecule has 1 heterocycles. The van der Waals surface area contributed by atoms with E-state index in [-0.39, 0.29) is 0 Å². The van der Waals surface area contributed by atoms with Crippen molar-refractivity contribution in [3.63, 3.8) is 0 Å². The lowest BCUT2D eigenvalue weighted by molar-refractivity contribution is 0.175. The van der Waals surface area contributed by atoms with Crippen molar-refractivity contribution < 1.29 is 0 Å². The third-order valence-electron chi connectivity index (χ3n) is 3.80. The monoisotopic (exact) mass is 241 g/mol. The van der Waals surface area contributed by atoms with E-state index in [9.17, 15) is 0 Å². The Bertz CT molecular complexity index is 176. The summed E-state index contributed by atoms with van der Waals surface area (Å²) in [6, 6.07) is 0. The summed E-state index contributed by atoms with van der Waals surface area (Å²) in [5.41, 5.74) is 0. The fraction of sp³-hybridized carbons (Fsp3) is 1.00. The number of unbranched alkanes of at least 4 members (excludes halogenated alkanes) is 1. The molecule has 102 valence electrons. The molecule has 1 rings (SSSR count). The van der Waals surface area contributed by atoms with E-state index in [1.54, 1.807) is 0 Å². The van der Waals surface area contributed by atoms with Gasteiger partial charge in [-0.1, -0.05) is 6.92 Å². The van der Waals surface area contributed by atoms with Gasteiger partial charge in [-0.25, -0.2) is 0 Å². The number of nitrogens with zero attached hydrogens (tertiary/aromatic N) is 2. The van der Waals surface area contributed by atoms with Crippen LogP contribution in [0.3, 0.4) is 0 Å². The molecule has 0 bridgehead atoms. The lowest BCUT2D eigenvalue weighted by atomic mass is 9.96. The maximum Gasteiger partial charge on any atom is 0.000756 e. The van der Waals surface area contributed by atoms with Gasteiger partial charge in [-0.05, 0) is 78.4 Å². The molecule has 0 aromatic rings. The molecule has 3 heteroatoms. The van der Waals surface area contributed by atoms with Crippen LogP contribution in [-0.2, 0) is 0 Å². The molecule has 0 aromatic carbocycles. The Morgan fingerprint density at radius 3 is 2.59 bits per heavy atom. The summed E-state index contributed by atoms with van der Waals surface area (Å²) < 4.78 is 0. The van der Waals surface area contributed by atoms with Crippen molar-refractivity contribution in [2.75, 3.05) is 53.4 Å². The van der Waals surface area contributed by atoms with Crippen molar-refractivity contribution in [2.45, 2.75) is 32.6 Å². The van der Waals surface area contributed by atoms with Crippen LogP contribution < -0.4 is 5.32 Å². The molecule has 0 radical (unpaired) electrons. The number of likely N-dealkylation sites (tertiary alicyclic amines) is 1. The molecule has 1 aliphatic rings. The van der Waals surface area contributed by atoms with Gasteiger partial charge in [0.05, 0.1) is 0 Å². The molecule has 0 aromatic heterocycles. The summed E-state index contributed by atoms with van der Waals surface area (Å²) in [6.07, 6.45) is 5.41. The summed E-state index contributed by atoms with van der Waals surface area (Å²) >= 11 is 0. The van der Waals surface area contributed by atoms with Gasteiger partial charge in [-0.15, -0.1) is 0 Å². The standard InChI is InChI=1S/C14H31N3/c1-4-15-9-5-6-10-17(3)13-14-7-11-16(2)12-8-14/h14-15H,4-13H2,1-3H3. The Hall–Kier alpha value is -0.120. The van der Waals surface area contributed by atoms with Crippen molar-refractivity contribution in [3.05, 3.63) is 0 Å². The van der Waals surface area contributed by atoms with E-state index in [1.807, 2.05) is 0 Å². The lowest BCUT2D eigenvalue weighted by Gasteiger charge is -2.31. The highest BCUT2D eigenvalue weighted by atomic mass is 15.1. The zero-order valence-electron chi connectivity index (χ0n) is 12.0. The van der Waals surface area contributed by atoms with Gasteiger partial charge in [0, 0.05) is 6.54 Å². The Morgan fingerprint density at radius 1 is 1.24 bits per heavy atom. The molecule has 3 nitrogen and oxygen atoms in total. The molecular formula is C14H31N3. The van der Waals surface area contributed by atoms with Crippen LogP contribution in [0.1, 0.15) is 32.6 Å². The third-order valence-corrected chi connectivity index (χ3v) is 3.80.